The van der Waals surface area contributed by atoms with Crippen LogP contribution < -0.4 is 10.1 Å². The second-order valence-electron chi connectivity index (χ2n) is 6.84. The molecule has 2 amide bonds. The highest BCUT2D eigenvalue weighted by atomic mass is 32.2. The van der Waals surface area contributed by atoms with Crippen LogP contribution in [0.1, 0.15) is 18.0 Å². The van der Waals surface area contributed by atoms with E-state index in [1.165, 1.54) is 14.2 Å². The molecule has 0 aromatic heterocycles. The maximum absolute atomic E-state index is 12.9. The lowest BCUT2D eigenvalue weighted by Gasteiger charge is -2.32. The number of ether oxygens (including phenoxy) is 2. The van der Waals surface area contributed by atoms with Gasteiger partial charge in [-0.25, -0.2) is 0 Å². The van der Waals surface area contributed by atoms with E-state index in [1.807, 2.05) is 18.4 Å². The number of thioether (sulfide) groups is 1. The molecule has 8 heteroatoms. The number of imide groups is 1. The third-order valence-corrected chi connectivity index (χ3v) is 6.21. The van der Waals surface area contributed by atoms with E-state index in [1.54, 1.807) is 31.0 Å². The first-order chi connectivity index (χ1) is 12.9. The van der Waals surface area contributed by atoms with Gasteiger partial charge in [-0.05, 0) is 36.1 Å². The zero-order valence-electron chi connectivity index (χ0n) is 15.9. The number of benzene rings is 1. The third kappa shape index (κ3) is 3.00. The molecule has 2 aliphatic heterocycles. The first-order valence-corrected chi connectivity index (χ1v) is 10.1. The monoisotopic (exact) mass is 392 g/mol. The van der Waals surface area contributed by atoms with Crippen LogP contribution in [0.4, 0.5) is 0 Å². The number of methoxy groups -OCH3 is 2. The van der Waals surface area contributed by atoms with Gasteiger partial charge in [0.15, 0.2) is 0 Å². The van der Waals surface area contributed by atoms with E-state index >= 15 is 0 Å². The molecule has 0 aliphatic carbocycles. The molecule has 0 bridgehead atoms. The minimum absolute atomic E-state index is 0.270. The summed E-state index contributed by atoms with van der Waals surface area (Å²) in [6.07, 6.45) is 2.34. The van der Waals surface area contributed by atoms with Gasteiger partial charge in [-0.3, -0.25) is 24.6 Å². The average molecular weight is 392 g/mol. The summed E-state index contributed by atoms with van der Waals surface area (Å²) >= 11 is 1.58. The van der Waals surface area contributed by atoms with E-state index in [0.717, 1.165) is 10.5 Å². The molecule has 3 rings (SSSR count). The number of rotatable bonds is 6. The molecular weight excluding hydrogens is 368 g/mol. The number of nitrogens with zero attached hydrogens (tertiary/aromatic N) is 1. The molecule has 1 aromatic rings. The van der Waals surface area contributed by atoms with Gasteiger partial charge in [-0.1, -0.05) is 12.1 Å². The number of nitrogens with one attached hydrogen (secondary N) is 1. The molecule has 1 aromatic carbocycles. The van der Waals surface area contributed by atoms with Crippen LogP contribution in [-0.2, 0) is 19.1 Å². The van der Waals surface area contributed by atoms with E-state index in [-0.39, 0.29) is 11.8 Å². The zero-order chi connectivity index (χ0) is 19.8. The van der Waals surface area contributed by atoms with E-state index in [2.05, 4.69) is 5.32 Å². The zero-order valence-corrected chi connectivity index (χ0v) is 16.7. The molecular formula is C19H24N2O5S. The van der Waals surface area contributed by atoms with Crippen LogP contribution in [0.3, 0.4) is 0 Å². The SMILES string of the molecule is COC(=O)[C@]1(CCSC)N[C@H](c2ccc(OC)cc2)[C@@H]2C(=O)N(C)C(=O)[C@@H]21. The van der Waals surface area contributed by atoms with Crippen molar-refractivity contribution >= 4 is 29.5 Å². The molecule has 2 fully saturated rings. The summed E-state index contributed by atoms with van der Waals surface area (Å²) in [5, 5.41) is 3.33. The van der Waals surface area contributed by atoms with Gasteiger partial charge < -0.3 is 9.47 Å². The highest BCUT2D eigenvalue weighted by Crippen LogP contribution is 2.50. The second-order valence-corrected chi connectivity index (χ2v) is 7.83. The van der Waals surface area contributed by atoms with Crippen LogP contribution in [-0.4, -0.2) is 61.5 Å². The Balaban J connectivity index is 2.09. The lowest BCUT2D eigenvalue weighted by atomic mass is 9.78. The van der Waals surface area contributed by atoms with Crippen LogP contribution in [0, 0.1) is 11.8 Å². The topological polar surface area (TPSA) is 84.9 Å². The maximum Gasteiger partial charge on any atom is 0.326 e. The lowest BCUT2D eigenvalue weighted by molar-refractivity contribution is -0.154. The van der Waals surface area contributed by atoms with Gasteiger partial charge in [0.1, 0.15) is 11.3 Å². The number of fused-ring (bicyclic) bond motifs is 1. The van der Waals surface area contributed by atoms with Gasteiger partial charge in [0, 0.05) is 13.1 Å². The molecule has 2 heterocycles. The Morgan fingerprint density at radius 2 is 1.89 bits per heavy atom. The number of likely N-dealkylation sites (tertiary alicyclic amines) is 1. The van der Waals surface area contributed by atoms with Gasteiger partial charge in [0.2, 0.25) is 11.8 Å². The lowest BCUT2D eigenvalue weighted by Crippen LogP contribution is -2.56. The standard InChI is InChI=1S/C19H24N2O5S/c1-21-16(22)13-14(17(21)23)19(9-10-27-4,18(24)26-3)20-15(13)11-5-7-12(25-2)8-6-11/h5-8,13-15,20H,9-10H2,1-4H3/t13-,14-,15-,19-/m1/s1. The number of hydrogen-bond acceptors (Lipinski definition) is 7. The van der Waals surface area contributed by atoms with Crippen molar-refractivity contribution in [3.05, 3.63) is 29.8 Å². The summed E-state index contributed by atoms with van der Waals surface area (Å²) < 4.78 is 10.3. The smallest absolute Gasteiger partial charge is 0.326 e. The molecule has 2 saturated heterocycles. The van der Waals surface area contributed by atoms with Gasteiger partial charge in [-0.2, -0.15) is 11.8 Å². The molecule has 0 unspecified atom stereocenters. The molecule has 0 saturated carbocycles. The second kappa shape index (κ2) is 7.52. The summed E-state index contributed by atoms with van der Waals surface area (Å²) in [6, 6.07) is 6.86. The Kier molecular flexibility index (Phi) is 5.48. The van der Waals surface area contributed by atoms with Crippen molar-refractivity contribution in [2.45, 2.75) is 18.0 Å². The first kappa shape index (κ1) is 19.7. The highest BCUT2D eigenvalue weighted by Gasteiger charge is 2.67. The van der Waals surface area contributed by atoms with Gasteiger partial charge in [0.25, 0.3) is 0 Å². The van der Waals surface area contributed by atoms with Gasteiger partial charge >= 0.3 is 5.97 Å². The summed E-state index contributed by atoms with van der Waals surface area (Å²) in [7, 11) is 4.37. The fourth-order valence-corrected chi connectivity index (χ4v) is 4.74. The molecule has 0 spiro atoms. The largest absolute Gasteiger partial charge is 0.497 e. The van der Waals surface area contributed by atoms with Crippen molar-refractivity contribution in [3.8, 4) is 5.75 Å². The predicted molar refractivity (Wildman–Crippen MR) is 101 cm³/mol. The summed E-state index contributed by atoms with van der Waals surface area (Å²) in [6.45, 7) is 0. The van der Waals surface area contributed by atoms with Crippen LogP contribution in [0.15, 0.2) is 24.3 Å². The van der Waals surface area contributed by atoms with E-state index < -0.39 is 29.4 Å². The third-order valence-electron chi connectivity index (χ3n) is 5.60. The molecule has 27 heavy (non-hydrogen) atoms. The molecule has 2 aliphatic rings. The predicted octanol–water partition coefficient (Wildman–Crippen LogP) is 1.24. The van der Waals surface area contributed by atoms with Crippen LogP contribution in [0.25, 0.3) is 0 Å². The Hall–Kier alpha value is -2.06. The first-order valence-electron chi connectivity index (χ1n) is 8.71. The van der Waals surface area contributed by atoms with Crippen molar-refractivity contribution in [1.82, 2.24) is 10.2 Å². The molecule has 0 radical (unpaired) electrons. The fourth-order valence-electron chi connectivity index (χ4n) is 4.21. The summed E-state index contributed by atoms with van der Waals surface area (Å²) in [5.41, 5.74) is -0.387. The van der Waals surface area contributed by atoms with Crippen LogP contribution in [0.2, 0.25) is 0 Å². The number of amides is 2. The van der Waals surface area contributed by atoms with Crippen molar-refractivity contribution in [3.63, 3.8) is 0 Å². The van der Waals surface area contributed by atoms with Crippen molar-refractivity contribution in [2.75, 3.05) is 33.3 Å². The average Bonchev–Trinajstić information content (AvgIpc) is 3.16. The number of esters is 1. The Bertz CT molecular complexity index is 753. The van der Waals surface area contributed by atoms with Crippen LogP contribution in [0.5, 0.6) is 5.75 Å². The number of carbonyl (C=O) groups is 3. The van der Waals surface area contributed by atoms with Crippen LogP contribution >= 0.6 is 11.8 Å². The molecule has 7 nitrogen and oxygen atoms in total. The Morgan fingerprint density at radius 1 is 1.22 bits per heavy atom. The molecule has 1 N–H and O–H groups in total. The number of hydrogen-bond donors (Lipinski definition) is 1. The quantitative estimate of drug-likeness (QED) is 0.576. The summed E-state index contributed by atoms with van der Waals surface area (Å²) in [4.78, 5) is 39.7. The normalized spacial score (nSPS) is 29.8. The highest BCUT2D eigenvalue weighted by molar-refractivity contribution is 7.98. The molecule has 4 atom stereocenters. The molecule has 146 valence electrons. The van der Waals surface area contributed by atoms with E-state index in [4.69, 9.17) is 9.47 Å². The fraction of sp³-hybridized carbons (Fsp3) is 0.526. The Morgan fingerprint density at radius 3 is 2.44 bits per heavy atom. The minimum Gasteiger partial charge on any atom is -0.497 e. The van der Waals surface area contributed by atoms with Gasteiger partial charge in [-0.15, -0.1) is 0 Å². The Labute approximate surface area is 162 Å². The van der Waals surface area contributed by atoms with Crippen molar-refractivity contribution in [1.29, 1.82) is 0 Å². The minimum atomic E-state index is -1.22. The van der Waals surface area contributed by atoms with Gasteiger partial charge in [0.05, 0.1) is 26.1 Å². The van der Waals surface area contributed by atoms with E-state index in [0.29, 0.717) is 17.9 Å². The number of carbonyl (C=O) groups excluding carboxylic acids is 3. The van der Waals surface area contributed by atoms with E-state index in [9.17, 15) is 14.4 Å². The maximum atomic E-state index is 12.9. The van der Waals surface area contributed by atoms with Crippen molar-refractivity contribution < 1.29 is 23.9 Å². The summed E-state index contributed by atoms with van der Waals surface area (Å²) in [5.74, 6) is -1.17. The van der Waals surface area contributed by atoms with Crippen molar-refractivity contribution in [2.24, 2.45) is 11.8 Å².